The van der Waals surface area contributed by atoms with E-state index in [0.29, 0.717) is 30.6 Å². The van der Waals surface area contributed by atoms with E-state index < -0.39 is 79.3 Å². The third-order valence-electron chi connectivity index (χ3n) is 8.85. The molecule has 54 heavy (non-hydrogen) atoms. The first-order valence-electron chi connectivity index (χ1n) is 17.7. The van der Waals surface area contributed by atoms with Gasteiger partial charge in [0.15, 0.2) is 0 Å². The zero-order valence-electron chi connectivity index (χ0n) is 31.7. The van der Waals surface area contributed by atoms with Crippen LogP contribution in [0.2, 0.25) is 0 Å². The minimum absolute atomic E-state index is 0.0385. The number of primary amides is 1. The molecule has 6 amide bonds. The summed E-state index contributed by atoms with van der Waals surface area (Å²) in [6.07, 6.45) is 2.64. The molecule has 1 fully saturated rings. The van der Waals surface area contributed by atoms with Gasteiger partial charge in [0.2, 0.25) is 35.4 Å². The van der Waals surface area contributed by atoms with Crippen molar-refractivity contribution in [1.82, 2.24) is 36.1 Å². The first-order chi connectivity index (χ1) is 25.2. The maximum absolute atomic E-state index is 13.7. The maximum Gasteiger partial charge on any atom is 0.473 e. The van der Waals surface area contributed by atoms with Crippen LogP contribution in [0.25, 0.3) is 0 Å². The Hall–Kier alpha value is -4.64. The van der Waals surface area contributed by atoms with Gasteiger partial charge in [-0.1, -0.05) is 44.2 Å². The molecule has 1 aliphatic rings. The Kier molecular flexibility index (Phi) is 15.5. The number of carbonyl (C=O) groups excluding carboxylic acids is 6. The Labute approximate surface area is 314 Å². The zero-order chi connectivity index (χ0) is 40.4. The van der Waals surface area contributed by atoms with Crippen molar-refractivity contribution in [3.8, 4) is 0 Å². The first kappa shape index (κ1) is 43.8. The second-order valence-electron chi connectivity index (χ2n) is 14.3. The Morgan fingerprint density at radius 2 is 1.65 bits per heavy atom. The summed E-state index contributed by atoms with van der Waals surface area (Å²) in [5.41, 5.74) is 5.30. The lowest BCUT2D eigenvalue weighted by Crippen LogP contribution is -2.59. The largest absolute Gasteiger partial charge is 0.473 e. The highest BCUT2D eigenvalue weighted by Crippen LogP contribution is 2.51. The van der Waals surface area contributed by atoms with Crippen molar-refractivity contribution in [3.63, 3.8) is 0 Å². The molecule has 0 spiro atoms. The van der Waals surface area contributed by atoms with Crippen LogP contribution < -0.4 is 27.0 Å². The Morgan fingerprint density at radius 1 is 1.00 bits per heavy atom. The van der Waals surface area contributed by atoms with Crippen LogP contribution in [0.5, 0.6) is 0 Å². The molecule has 1 aliphatic heterocycles. The van der Waals surface area contributed by atoms with Gasteiger partial charge in [-0.15, -0.1) is 0 Å². The molecule has 0 radical (unpaired) electrons. The topological polar surface area (TPSA) is 264 Å². The number of likely N-dealkylation sites (tertiary alicyclic amines) is 1. The smallest absolute Gasteiger partial charge is 0.368 e. The molecular weight excluding hydrogens is 723 g/mol. The molecule has 18 nitrogen and oxygen atoms in total. The summed E-state index contributed by atoms with van der Waals surface area (Å²) >= 11 is 0. The van der Waals surface area contributed by atoms with Crippen molar-refractivity contribution in [2.75, 3.05) is 6.54 Å². The molecule has 2 aromatic rings. The molecule has 0 saturated carbocycles. The second kappa shape index (κ2) is 19.1. The van der Waals surface area contributed by atoms with Gasteiger partial charge < -0.3 is 41.8 Å². The quantitative estimate of drug-likeness (QED) is 0.0987. The summed E-state index contributed by atoms with van der Waals surface area (Å²) in [7, 11) is -4.83. The molecule has 0 bridgehead atoms. The molecule has 1 aromatic heterocycles. The fourth-order valence-corrected chi connectivity index (χ4v) is 7.30. The third-order valence-corrected chi connectivity index (χ3v) is 10.1. The molecule has 19 heteroatoms. The molecule has 3 rings (SSSR count). The Bertz CT molecular complexity index is 1670. The predicted octanol–water partition coefficient (Wildman–Crippen LogP) is 0.911. The molecule has 1 aromatic carbocycles. The van der Waals surface area contributed by atoms with Crippen molar-refractivity contribution < 1.29 is 47.3 Å². The number of benzene rings is 1. The summed E-state index contributed by atoms with van der Waals surface area (Å²) in [5, 5.41) is 10.3. The molecule has 8 N–H and O–H groups in total. The number of carbonyl (C=O) groups is 6. The lowest BCUT2D eigenvalue weighted by molar-refractivity contribution is -0.138. The first-order valence-corrected chi connectivity index (χ1v) is 19.2. The fraction of sp³-hybridized carbons (Fsp3) is 0.571. The number of phosphoric acid groups is 1. The summed E-state index contributed by atoms with van der Waals surface area (Å²) in [5.74, 6) is -4.20. The number of amides is 6. The molecule has 298 valence electrons. The highest BCUT2D eigenvalue weighted by molar-refractivity contribution is 7.47. The van der Waals surface area contributed by atoms with Gasteiger partial charge in [0.25, 0.3) is 0 Å². The number of phosphoric ester groups is 1. The van der Waals surface area contributed by atoms with Crippen LogP contribution >= 0.6 is 7.82 Å². The van der Waals surface area contributed by atoms with E-state index in [4.69, 9.17) is 14.8 Å². The van der Waals surface area contributed by atoms with E-state index in [1.807, 2.05) is 13.8 Å². The SMILES string of the molecule is CC(=O)N1CCCC1C(=O)N[C@@H](CC(C)C)C(=O)N[C@@H](Cc1cnc[nH]1)C(=O)N[C@@H](C)C(=O)N[C@H](C(N)=O)[C@@H](C)OP(=O)(O)OC(C)(C)c1ccccc1. The van der Waals surface area contributed by atoms with Crippen LogP contribution in [0.4, 0.5) is 0 Å². The van der Waals surface area contributed by atoms with Gasteiger partial charge >= 0.3 is 7.82 Å². The summed E-state index contributed by atoms with van der Waals surface area (Å²) in [6, 6.07) is 2.64. The van der Waals surface area contributed by atoms with E-state index >= 15 is 0 Å². The number of nitrogens with two attached hydrogens (primary N) is 1. The van der Waals surface area contributed by atoms with E-state index in [9.17, 15) is 38.2 Å². The van der Waals surface area contributed by atoms with Crippen LogP contribution in [-0.4, -0.2) is 98.1 Å². The van der Waals surface area contributed by atoms with Crippen LogP contribution in [0, 0.1) is 5.92 Å². The standard InChI is InChI=1S/C35H53N8O10P/c1-20(2)16-26(41-34(49)28-14-11-15-43(28)23(5)44)33(48)40-27(17-25-18-37-19-38-25)32(47)39-21(3)31(46)42-29(30(36)45)22(4)52-54(50,51)53-35(6,7)24-12-9-8-10-13-24/h8-10,12-13,18-22,26-29H,11,14-17H2,1-7H3,(H2,36,45)(H,37,38)(H,39,47)(H,40,48)(H,41,49)(H,42,46)(H,50,51)/t21-,22+,26-,27-,28?,29-/m0/s1. The van der Waals surface area contributed by atoms with Crippen LogP contribution in [0.3, 0.4) is 0 Å². The number of imidazole rings is 1. The van der Waals surface area contributed by atoms with Gasteiger partial charge in [0.05, 0.1) is 18.0 Å². The normalized spacial score (nSPS) is 18.4. The van der Waals surface area contributed by atoms with Crippen LogP contribution in [-0.2, 0) is 54.4 Å². The average Bonchev–Trinajstić information content (AvgIpc) is 3.78. The summed E-state index contributed by atoms with van der Waals surface area (Å²) in [6.45, 7) is 11.2. The Morgan fingerprint density at radius 3 is 2.22 bits per heavy atom. The van der Waals surface area contributed by atoms with Crippen LogP contribution in [0.15, 0.2) is 42.9 Å². The van der Waals surface area contributed by atoms with Gasteiger partial charge in [-0.2, -0.15) is 0 Å². The van der Waals surface area contributed by atoms with Crippen molar-refractivity contribution in [2.45, 2.75) is 116 Å². The number of rotatable bonds is 19. The number of hydrogen-bond acceptors (Lipinski definition) is 10. The van der Waals surface area contributed by atoms with Crippen molar-refractivity contribution in [3.05, 3.63) is 54.1 Å². The van der Waals surface area contributed by atoms with Gasteiger partial charge in [-0.25, -0.2) is 9.55 Å². The molecule has 0 aliphatic carbocycles. The van der Waals surface area contributed by atoms with E-state index in [-0.39, 0.29) is 24.7 Å². The Balaban J connectivity index is 1.70. The monoisotopic (exact) mass is 776 g/mol. The highest BCUT2D eigenvalue weighted by Gasteiger charge is 2.39. The van der Waals surface area contributed by atoms with Crippen molar-refractivity contribution in [2.24, 2.45) is 11.7 Å². The molecule has 2 heterocycles. The molecule has 2 unspecified atom stereocenters. The number of nitrogens with one attached hydrogen (secondary N) is 5. The summed E-state index contributed by atoms with van der Waals surface area (Å²) in [4.78, 5) is 97.1. The minimum atomic E-state index is -4.83. The van der Waals surface area contributed by atoms with E-state index in [0.717, 1.165) is 0 Å². The lowest BCUT2D eigenvalue weighted by atomic mass is 9.99. The van der Waals surface area contributed by atoms with Crippen molar-refractivity contribution >= 4 is 43.3 Å². The predicted molar refractivity (Wildman–Crippen MR) is 196 cm³/mol. The maximum atomic E-state index is 13.7. The number of aromatic nitrogens is 2. The molecule has 1 saturated heterocycles. The fourth-order valence-electron chi connectivity index (χ4n) is 6.04. The van der Waals surface area contributed by atoms with Crippen molar-refractivity contribution in [1.29, 1.82) is 0 Å². The van der Waals surface area contributed by atoms with Gasteiger partial charge in [-0.05, 0) is 58.4 Å². The number of hydrogen-bond donors (Lipinski definition) is 7. The van der Waals surface area contributed by atoms with Gasteiger partial charge in [0, 0.05) is 31.8 Å². The second-order valence-corrected chi connectivity index (χ2v) is 15.6. The number of nitrogens with zero attached hydrogens (tertiary/aromatic N) is 2. The average molecular weight is 777 g/mol. The zero-order valence-corrected chi connectivity index (χ0v) is 32.6. The molecular formula is C35H53N8O10P. The number of aromatic amines is 1. The lowest BCUT2D eigenvalue weighted by Gasteiger charge is -2.31. The van der Waals surface area contributed by atoms with Crippen LogP contribution in [0.1, 0.15) is 79.0 Å². The highest BCUT2D eigenvalue weighted by atomic mass is 31.2. The minimum Gasteiger partial charge on any atom is -0.368 e. The van der Waals surface area contributed by atoms with Gasteiger partial charge in [-0.3, -0.25) is 37.8 Å². The van der Waals surface area contributed by atoms with E-state index in [1.54, 1.807) is 44.2 Å². The van der Waals surface area contributed by atoms with E-state index in [2.05, 4.69) is 31.2 Å². The summed E-state index contributed by atoms with van der Waals surface area (Å²) < 4.78 is 23.6. The third kappa shape index (κ3) is 12.7. The number of H-pyrrole nitrogens is 1. The molecule has 7 atom stereocenters. The van der Waals surface area contributed by atoms with E-state index in [1.165, 1.54) is 38.2 Å². The van der Waals surface area contributed by atoms with Gasteiger partial charge in [0.1, 0.15) is 30.2 Å².